The molecule has 0 saturated carbocycles. The number of methoxy groups -OCH3 is 1. The number of guanidine groups is 1. The second kappa shape index (κ2) is 8.74. The molecule has 0 fully saturated rings. The van der Waals surface area contributed by atoms with Crippen LogP contribution in [0, 0.1) is 6.92 Å². The first kappa shape index (κ1) is 17.6. The lowest BCUT2D eigenvalue weighted by molar-refractivity contribution is 0.409. The standard InChI is InChI=1S/C16H21ClN4OS/c1-11-21-14(10-23-11)6-7-19-16(18-2)20-9-12-4-5-13(17)8-15(12)22-3/h4-5,8,10H,6-7,9H2,1-3H3,(H2,18,19,20). The highest BCUT2D eigenvalue weighted by molar-refractivity contribution is 7.09. The highest BCUT2D eigenvalue weighted by Crippen LogP contribution is 2.22. The molecule has 0 spiro atoms. The van der Waals surface area contributed by atoms with E-state index >= 15 is 0 Å². The van der Waals surface area contributed by atoms with Crippen LogP contribution in [0.3, 0.4) is 0 Å². The van der Waals surface area contributed by atoms with Crippen molar-refractivity contribution < 1.29 is 4.74 Å². The molecule has 23 heavy (non-hydrogen) atoms. The van der Waals surface area contributed by atoms with Gasteiger partial charge < -0.3 is 15.4 Å². The third-order valence-corrected chi connectivity index (χ3v) is 4.32. The lowest BCUT2D eigenvalue weighted by Crippen LogP contribution is -2.37. The number of aliphatic imine (C=N–C) groups is 1. The summed E-state index contributed by atoms with van der Waals surface area (Å²) in [5.41, 5.74) is 2.13. The van der Waals surface area contributed by atoms with Gasteiger partial charge in [-0.05, 0) is 19.1 Å². The van der Waals surface area contributed by atoms with E-state index in [-0.39, 0.29) is 0 Å². The van der Waals surface area contributed by atoms with Crippen LogP contribution in [0.2, 0.25) is 5.02 Å². The van der Waals surface area contributed by atoms with Gasteiger partial charge in [0.05, 0.1) is 17.8 Å². The van der Waals surface area contributed by atoms with Crippen LogP contribution in [0.25, 0.3) is 0 Å². The Labute approximate surface area is 145 Å². The summed E-state index contributed by atoms with van der Waals surface area (Å²) in [6, 6.07) is 5.60. The largest absolute Gasteiger partial charge is 0.496 e. The van der Waals surface area contributed by atoms with Gasteiger partial charge in [0.25, 0.3) is 0 Å². The fourth-order valence-electron chi connectivity index (χ4n) is 2.10. The Bertz CT molecular complexity index is 672. The third-order valence-electron chi connectivity index (χ3n) is 3.26. The van der Waals surface area contributed by atoms with Crippen LogP contribution in [0.5, 0.6) is 5.75 Å². The smallest absolute Gasteiger partial charge is 0.191 e. The molecule has 0 bridgehead atoms. The molecule has 0 amide bonds. The molecule has 5 nitrogen and oxygen atoms in total. The normalized spacial score (nSPS) is 11.4. The van der Waals surface area contributed by atoms with Crippen LogP contribution in [-0.2, 0) is 13.0 Å². The number of rotatable bonds is 6. The molecule has 1 heterocycles. The molecule has 7 heteroatoms. The summed E-state index contributed by atoms with van der Waals surface area (Å²) in [5, 5.41) is 10.4. The average Bonchev–Trinajstić information content (AvgIpc) is 2.96. The summed E-state index contributed by atoms with van der Waals surface area (Å²) in [4.78, 5) is 8.67. The molecule has 0 aliphatic carbocycles. The Kier molecular flexibility index (Phi) is 6.67. The molecular formula is C16H21ClN4OS. The topological polar surface area (TPSA) is 58.5 Å². The quantitative estimate of drug-likeness (QED) is 0.619. The Hall–Kier alpha value is -1.79. The molecule has 2 rings (SSSR count). The molecule has 0 aliphatic heterocycles. The molecule has 0 atom stereocenters. The average molecular weight is 353 g/mol. The predicted octanol–water partition coefficient (Wildman–Crippen LogP) is 3.02. The fraction of sp³-hybridized carbons (Fsp3) is 0.375. The first-order valence-corrected chi connectivity index (χ1v) is 8.56. The summed E-state index contributed by atoms with van der Waals surface area (Å²) < 4.78 is 5.34. The predicted molar refractivity (Wildman–Crippen MR) is 96.8 cm³/mol. The molecule has 2 N–H and O–H groups in total. The minimum Gasteiger partial charge on any atom is -0.496 e. The molecule has 1 aromatic carbocycles. The molecular weight excluding hydrogens is 332 g/mol. The first-order chi connectivity index (χ1) is 11.1. The summed E-state index contributed by atoms with van der Waals surface area (Å²) in [6.07, 6.45) is 0.870. The van der Waals surface area contributed by atoms with Crippen molar-refractivity contribution in [2.45, 2.75) is 19.9 Å². The van der Waals surface area contributed by atoms with Crippen LogP contribution >= 0.6 is 22.9 Å². The van der Waals surface area contributed by atoms with Gasteiger partial charge in [-0.1, -0.05) is 17.7 Å². The monoisotopic (exact) mass is 352 g/mol. The van der Waals surface area contributed by atoms with Crippen molar-refractivity contribution >= 4 is 28.9 Å². The molecule has 0 unspecified atom stereocenters. The van der Waals surface area contributed by atoms with Crippen LogP contribution in [0.15, 0.2) is 28.6 Å². The maximum absolute atomic E-state index is 5.97. The fourth-order valence-corrected chi connectivity index (χ4v) is 2.91. The number of aromatic nitrogens is 1. The second-order valence-electron chi connectivity index (χ2n) is 4.92. The van der Waals surface area contributed by atoms with Crippen molar-refractivity contribution in [3.63, 3.8) is 0 Å². The van der Waals surface area contributed by atoms with Crippen LogP contribution in [0.4, 0.5) is 0 Å². The zero-order valence-electron chi connectivity index (χ0n) is 13.5. The Balaban J connectivity index is 1.83. The van der Waals surface area contributed by atoms with Gasteiger partial charge >= 0.3 is 0 Å². The summed E-state index contributed by atoms with van der Waals surface area (Å²) in [7, 11) is 3.39. The van der Waals surface area contributed by atoms with Crippen molar-refractivity contribution in [3.05, 3.63) is 44.9 Å². The molecule has 124 valence electrons. The van der Waals surface area contributed by atoms with E-state index in [0.29, 0.717) is 11.6 Å². The summed E-state index contributed by atoms with van der Waals surface area (Å²) in [5.74, 6) is 1.51. The minimum absolute atomic E-state index is 0.607. The van der Waals surface area contributed by atoms with E-state index in [1.54, 1.807) is 31.6 Å². The number of ether oxygens (including phenoxy) is 1. The molecule has 1 aromatic heterocycles. The number of thiazole rings is 1. The lowest BCUT2D eigenvalue weighted by Gasteiger charge is -2.13. The van der Waals surface area contributed by atoms with Gasteiger partial charge in [-0.15, -0.1) is 11.3 Å². The molecule has 0 saturated heterocycles. The number of benzene rings is 1. The van der Waals surface area contributed by atoms with Gasteiger partial charge in [0.15, 0.2) is 5.96 Å². The van der Waals surface area contributed by atoms with Crippen molar-refractivity contribution in [3.8, 4) is 5.75 Å². The van der Waals surface area contributed by atoms with Crippen molar-refractivity contribution in [1.29, 1.82) is 0 Å². The van der Waals surface area contributed by atoms with Gasteiger partial charge in [0.2, 0.25) is 0 Å². The lowest BCUT2D eigenvalue weighted by atomic mass is 10.2. The van der Waals surface area contributed by atoms with Crippen molar-refractivity contribution in [2.75, 3.05) is 20.7 Å². The number of hydrogen-bond acceptors (Lipinski definition) is 4. The Morgan fingerprint density at radius 1 is 1.39 bits per heavy atom. The zero-order chi connectivity index (χ0) is 16.7. The number of halogens is 1. The Morgan fingerprint density at radius 2 is 2.22 bits per heavy atom. The van der Waals surface area contributed by atoms with E-state index in [2.05, 4.69) is 26.0 Å². The number of nitrogens with one attached hydrogen (secondary N) is 2. The van der Waals surface area contributed by atoms with E-state index in [9.17, 15) is 0 Å². The van der Waals surface area contributed by atoms with E-state index in [1.165, 1.54) is 0 Å². The van der Waals surface area contributed by atoms with Gasteiger partial charge in [-0.2, -0.15) is 0 Å². The third kappa shape index (κ3) is 5.41. The van der Waals surface area contributed by atoms with Crippen molar-refractivity contribution in [1.82, 2.24) is 15.6 Å². The minimum atomic E-state index is 0.607. The maximum atomic E-state index is 5.97. The number of nitrogens with zero attached hydrogens (tertiary/aromatic N) is 2. The highest BCUT2D eigenvalue weighted by atomic mass is 35.5. The van der Waals surface area contributed by atoms with Gasteiger partial charge in [-0.3, -0.25) is 4.99 Å². The SMILES string of the molecule is CN=C(NCCc1csc(C)n1)NCc1ccc(Cl)cc1OC. The van der Waals surface area contributed by atoms with E-state index in [4.69, 9.17) is 16.3 Å². The van der Waals surface area contributed by atoms with Crippen LogP contribution < -0.4 is 15.4 Å². The van der Waals surface area contributed by atoms with Crippen LogP contribution in [-0.4, -0.2) is 31.6 Å². The van der Waals surface area contributed by atoms with Gasteiger partial charge in [0, 0.05) is 42.5 Å². The van der Waals surface area contributed by atoms with Crippen molar-refractivity contribution in [2.24, 2.45) is 4.99 Å². The maximum Gasteiger partial charge on any atom is 0.191 e. The van der Waals surface area contributed by atoms with Gasteiger partial charge in [-0.25, -0.2) is 4.98 Å². The molecule has 0 radical (unpaired) electrons. The first-order valence-electron chi connectivity index (χ1n) is 7.30. The van der Waals surface area contributed by atoms with Crippen LogP contribution in [0.1, 0.15) is 16.3 Å². The molecule has 2 aromatic rings. The zero-order valence-corrected chi connectivity index (χ0v) is 15.1. The number of hydrogen-bond donors (Lipinski definition) is 2. The number of aryl methyl sites for hydroxylation is 1. The highest BCUT2D eigenvalue weighted by Gasteiger charge is 2.05. The summed E-state index contributed by atoms with van der Waals surface area (Å²) >= 11 is 7.64. The van der Waals surface area contributed by atoms with E-state index < -0.39 is 0 Å². The summed E-state index contributed by atoms with van der Waals surface area (Å²) in [6.45, 7) is 3.40. The van der Waals surface area contributed by atoms with E-state index in [1.807, 2.05) is 19.1 Å². The Morgan fingerprint density at radius 3 is 2.87 bits per heavy atom. The van der Waals surface area contributed by atoms with E-state index in [0.717, 1.165) is 40.9 Å². The molecule has 0 aliphatic rings. The van der Waals surface area contributed by atoms with Gasteiger partial charge in [0.1, 0.15) is 5.75 Å². The second-order valence-corrected chi connectivity index (χ2v) is 6.42.